The highest BCUT2D eigenvalue weighted by Crippen LogP contribution is 2.40. The van der Waals surface area contributed by atoms with Crippen LogP contribution in [0.15, 0.2) is 40.9 Å². The molecule has 0 aliphatic rings. The molecule has 33 heavy (non-hydrogen) atoms. The molecule has 0 radical (unpaired) electrons. The minimum atomic E-state index is -3.53. The van der Waals surface area contributed by atoms with Crippen LogP contribution in [-0.2, 0) is 22.0 Å². The average molecular weight is 535 g/mol. The molecule has 0 atom stereocenters. The Morgan fingerprint density at radius 3 is 2.27 bits per heavy atom. The molecule has 0 saturated heterocycles. The largest absolute Gasteiger partial charge is 0.489 e. The highest BCUT2D eigenvalue weighted by molar-refractivity contribution is 7.92. The fraction of sp³-hybridized carbons (Fsp3) is 0.333. The monoisotopic (exact) mass is 533 g/mol. The van der Waals surface area contributed by atoms with Gasteiger partial charge in [-0.2, -0.15) is 0 Å². The molecule has 0 aliphatic heterocycles. The van der Waals surface area contributed by atoms with Crippen molar-refractivity contribution in [1.82, 2.24) is 10.4 Å². The minimum Gasteiger partial charge on any atom is -0.489 e. The lowest BCUT2D eigenvalue weighted by atomic mass is 9.78. The number of ether oxygens (including phenoxy) is 2. The molecule has 0 spiro atoms. The van der Waals surface area contributed by atoms with Gasteiger partial charge in [-0.1, -0.05) is 49.2 Å². The van der Waals surface area contributed by atoms with Crippen LogP contribution in [0.2, 0.25) is 10.0 Å². The van der Waals surface area contributed by atoms with E-state index in [1.54, 1.807) is 12.1 Å². The van der Waals surface area contributed by atoms with Crippen LogP contribution >= 0.6 is 34.8 Å². The number of rotatable bonds is 10. The zero-order valence-corrected chi connectivity index (χ0v) is 21.1. The van der Waals surface area contributed by atoms with Crippen molar-refractivity contribution < 1.29 is 22.4 Å². The first kappa shape index (κ1) is 25.4. The Kier molecular flexibility index (Phi) is 8.00. The second-order valence-electron chi connectivity index (χ2n) is 7.67. The molecule has 8 nitrogen and oxygen atoms in total. The average Bonchev–Trinajstić information content (AvgIpc) is 3.17. The smallest absolute Gasteiger partial charge is 0.265 e. The second kappa shape index (κ2) is 10.4. The van der Waals surface area contributed by atoms with Crippen molar-refractivity contribution in [3.05, 3.63) is 63.3 Å². The van der Waals surface area contributed by atoms with Crippen molar-refractivity contribution in [2.24, 2.45) is 0 Å². The van der Waals surface area contributed by atoms with E-state index in [4.69, 9.17) is 48.8 Å². The lowest BCUT2D eigenvalue weighted by molar-refractivity contribution is 0.301. The number of anilines is 1. The van der Waals surface area contributed by atoms with Crippen LogP contribution in [0.25, 0.3) is 0 Å². The van der Waals surface area contributed by atoms with E-state index in [1.807, 2.05) is 38.1 Å². The molecule has 12 heteroatoms. The molecule has 0 aliphatic carbocycles. The van der Waals surface area contributed by atoms with Gasteiger partial charge in [0.15, 0.2) is 11.4 Å². The molecule has 3 aromatic rings. The summed E-state index contributed by atoms with van der Waals surface area (Å²) in [6, 6.07) is 11.1. The molecule has 178 valence electrons. The number of hydrogen-bond donors (Lipinski definition) is 1. The fourth-order valence-electron chi connectivity index (χ4n) is 3.03. The number of nitrogens with one attached hydrogen (secondary N) is 1. The Balaban J connectivity index is 1.74. The van der Waals surface area contributed by atoms with Crippen LogP contribution < -0.4 is 14.2 Å². The Bertz CT molecular complexity index is 1190. The predicted molar refractivity (Wildman–Crippen MR) is 128 cm³/mol. The van der Waals surface area contributed by atoms with E-state index in [0.717, 1.165) is 17.4 Å². The van der Waals surface area contributed by atoms with Crippen molar-refractivity contribution in [2.75, 3.05) is 23.5 Å². The lowest BCUT2D eigenvalue weighted by Crippen LogP contribution is -2.19. The standard InChI is InChI=1S/C21H22Cl3N3O5S/c1-21(2,14-10-16(23)19(17(24)11-14)30-9-8-22)13-4-6-15(7-5-13)31-12-18-20(32-27-25-18)26-33(3,28)29/h4-7,10-11,26H,8-9,12H2,1-3H3. The van der Waals surface area contributed by atoms with E-state index in [9.17, 15) is 8.42 Å². The Labute approximate surface area is 207 Å². The van der Waals surface area contributed by atoms with E-state index >= 15 is 0 Å². The number of sulfonamides is 1. The maximum Gasteiger partial charge on any atom is 0.265 e. The second-order valence-corrected chi connectivity index (χ2v) is 10.6. The van der Waals surface area contributed by atoms with E-state index in [0.29, 0.717) is 34.0 Å². The van der Waals surface area contributed by atoms with Crippen molar-refractivity contribution in [3.63, 3.8) is 0 Å². The maximum absolute atomic E-state index is 11.4. The first-order chi connectivity index (χ1) is 15.5. The summed E-state index contributed by atoms with van der Waals surface area (Å²) in [5, 5.41) is 7.93. The third-order valence-corrected chi connectivity index (χ3v) is 6.10. The molecule has 2 aromatic carbocycles. The van der Waals surface area contributed by atoms with Gasteiger partial charge in [0.05, 0.1) is 22.2 Å². The van der Waals surface area contributed by atoms with Gasteiger partial charge in [0.25, 0.3) is 5.88 Å². The number of aromatic nitrogens is 2. The lowest BCUT2D eigenvalue weighted by Gasteiger charge is -2.27. The summed E-state index contributed by atoms with van der Waals surface area (Å²) in [4.78, 5) is 0. The molecule has 1 heterocycles. The van der Waals surface area contributed by atoms with Gasteiger partial charge in [0.2, 0.25) is 10.0 Å². The highest BCUT2D eigenvalue weighted by Gasteiger charge is 2.26. The number of benzene rings is 2. The van der Waals surface area contributed by atoms with Crippen LogP contribution in [0.4, 0.5) is 5.88 Å². The minimum absolute atomic E-state index is 0.0287. The molecule has 1 aromatic heterocycles. The molecular weight excluding hydrogens is 513 g/mol. The van der Waals surface area contributed by atoms with E-state index < -0.39 is 15.4 Å². The predicted octanol–water partition coefficient (Wildman–Crippen LogP) is 5.27. The van der Waals surface area contributed by atoms with Crippen molar-refractivity contribution in [1.29, 1.82) is 0 Å². The number of hydrogen-bond acceptors (Lipinski definition) is 7. The van der Waals surface area contributed by atoms with Crippen LogP contribution in [0.3, 0.4) is 0 Å². The van der Waals surface area contributed by atoms with Gasteiger partial charge >= 0.3 is 0 Å². The van der Waals surface area contributed by atoms with Gasteiger partial charge in [-0.25, -0.2) is 13.1 Å². The summed E-state index contributed by atoms with van der Waals surface area (Å²) in [7, 11) is -3.53. The van der Waals surface area contributed by atoms with Crippen LogP contribution in [0.1, 0.15) is 30.7 Å². The summed E-state index contributed by atoms with van der Waals surface area (Å²) in [5.41, 5.74) is 1.72. The summed E-state index contributed by atoms with van der Waals surface area (Å²) in [5.74, 6) is 1.22. The maximum atomic E-state index is 11.4. The summed E-state index contributed by atoms with van der Waals surface area (Å²) in [6.07, 6.45) is 1.00. The highest BCUT2D eigenvalue weighted by atomic mass is 35.5. The van der Waals surface area contributed by atoms with Crippen molar-refractivity contribution in [2.45, 2.75) is 25.9 Å². The van der Waals surface area contributed by atoms with Crippen molar-refractivity contribution in [3.8, 4) is 11.5 Å². The van der Waals surface area contributed by atoms with Gasteiger partial charge in [-0.05, 0) is 35.4 Å². The molecule has 3 rings (SSSR count). The van der Waals surface area contributed by atoms with Gasteiger partial charge in [-0.3, -0.25) is 0 Å². The Morgan fingerprint density at radius 2 is 1.70 bits per heavy atom. The van der Waals surface area contributed by atoms with Gasteiger partial charge in [0, 0.05) is 10.7 Å². The number of halogens is 3. The summed E-state index contributed by atoms with van der Waals surface area (Å²) in [6.45, 7) is 4.38. The third-order valence-electron chi connectivity index (χ3n) is 4.83. The topological polar surface area (TPSA) is 104 Å². The first-order valence-electron chi connectivity index (χ1n) is 9.72. The van der Waals surface area contributed by atoms with Crippen LogP contribution in [0, 0.1) is 0 Å². The van der Waals surface area contributed by atoms with E-state index in [-0.39, 0.29) is 18.2 Å². The molecule has 1 N–H and O–H groups in total. The molecule has 0 fully saturated rings. The number of alkyl halides is 1. The van der Waals surface area contributed by atoms with Crippen LogP contribution in [-0.4, -0.2) is 37.5 Å². The van der Waals surface area contributed by atoms with E-state index in [2.05, 4.69) is 15.1 Å². The first-order valence-corrected chi connectivity index (χ1v) is 12.9. The molecule has 0 unspecified atom stereocenters. The third kappa shape index (κ3) is 6.44. The molecule has 0 amide bonds. The summed E-state index contributed by atoms with van der Waals surface area (Å²) < 4.78 is 41.0. The van der Waals surface area contributed by atoms with Crippen LogP contribution in [0.5, 0.6) is 11.5 Å². The Morgan fingerprint density at radius 1 is 1.06 bits per heavy atom. The normalized spacial score (nSPS) is 11.9. The van der Waals surface area contributed by atoms with Gasteiger partial charge < -0.3 is 14.0 Å². The quantitative estimate of drug-likeness (QED) is 0.353. The molecule has 0 saturated carbocycles. The van der Waals surface area contributed by atoms with Gasteiger partial charge in [-0.15, -0.1) is 16.7 Å². The van der Waals surface area contributed by atoms with Crippen molar-refractivity contribution >= 4 is 50.7 Å². The summed E-state index contributed by atoms with van der Waals surface area (Å²) >= 11 is 18.5. The van der Waals surface area contributed by atoms with E-state index in [1.165, 1.54) is 0 Å². The SMILES string of the molecule is CC(C)(c1ccc(OCc2nnoc2NS(C)(=O)=O)cc1)c1cc(Cl)c(OCCCl)c(Cl)c1. The Hall–Kier alpha value is -2.20. The molecular formula is C21H22Cl3N3O5S. The van der Waals surface area contributed by atoms with Gasteiger partial charge in [0.1, 0.15) is 19.0 Å². The zero-order chi connectivity index (χ0) is 24.2. The number of nitrogens with zero attached hydrogens (tertiary/aromatic N) is 2. The zero-order valence-electron chi connectivity index (χ0n) is 18.1. The fourth-order valence-corrected chi connectivity index (χ4v) is 4.20. The molecule has 0 bridgehead atoms.